The summed E-state index contributed by atoms with van der Waals surface area (Å²) in [7, 11) is 3.51. The predicted molar refractivity (Wildman–Crippen MR) is 77.3 cm³/mol. The van der Waals surface area contributed by atoms with Gasteiger partial charge in [-0.25, -0.2) is 14.4 Å². The van der Waals surface area contributed by atoms with Crippen molar-refractivity contribution in [2.45, 2.75) is 13.8 Å². The Labute approximate surface area is 128 Å². The molecule has 0 aromatic rings. The molecule has 0 saturated heterocycles. The van der Waals surface area contributed by atoms with Crippen LogP contribution in [0, 0.1) is 0 Å². The third-order valence-corrected chi connectivity index (χ3v) is 2.42. The monoisotopic (exact) mass is 309 g/mol. The Hall–Kier alpha value is -2.57. The molecule has 1 aliphatic rings. The first-order chi connectivity index (χ1) is 10.4. The summed E-state index contributed by atoms with van der Waals surface area (Å²) < 4.78 is 14.6. The molecule has 0 aromatic carbocycles. The van der Waals surface area contributed by atoms with Crippen LogP contribution in [0.1, 0.15) is 13.8 Å². The molecule has 0 saturated carbocycles. The van der Waals surface area contributed by atoms with E-state index in [0.29, 0.717) is 5.57 Å². The van der Waals surface area contributed by atoms with Crippen molar-refractivity contribution in [3.8, 4) is 0 Å². The van der Waals surface area contributed by atoms with Crippen LogP contribution >= 0.6 is 0 Å². The van der Waals surface area contributed by atoms with E-state index in [9.17, 15) is 14.4 Å². The van der Waals surface area contributed by atoms with Crippen LogP contribution in [0.15, 0.2) is 35.3 Å². The van der Waals surface area contributed by atoms with E-state index in [1.54, 1.807) is 39.0 Å². The number of allylic oxidation sites excluding steroid dienone is 1. The first-order valence-electron chi connectivity index (χ1n) is 6.77. The van der Waals surface area contributed by atoms with Gasteiger partial charge in [-0.1, -0.05) is 0 Å². The van der Waals surface area contributed by atoms with Gasteiger partial charge in [0.05, 0.1) is 18.8 Å². The van der Waals surface area contributed by atoms with Crippen molar-refractivity contribution in [3.63, 3.8) is 0 Å². The lowest BCUT2D eigenvalue weighted by molar-refractivity contribution is -0.146. The highest BCUT2D eigenvalue weighted by Crippen LogP contribution is 2.20. The maximum absolute atomic E-state index is 11.8. The molecule has 0 N–H and O–H groups in total. The summed E-state index contributed by atoms with van der Waals surface area (Å²) in [6, 6.07) is 0. The number of carbonyl (C=O) groups excluding carboxylic acids is 3. The highest BCUT2D eigenvalue weighted by atomic mass is 16.6. The van der Waals surface area contributed by atoms with Crippen LogP contribution in [0.5, 0.6) is 0 Å². The summed E-state index contributed by atoms with van der Waals surface area (Å²) in [5.74, 6) is -2.15. The number of nitrogens with zero attached hydrogens (tertiary/aromatic N) is 1. The molecule has 0 aromatic heterocycles. The molecular weight excluding hydrogens is 290 g/mol. The highest BCUT2D eigenvalue weighted by molar-refractivity contribution is 6.14. The number of esters is 3. The third kappa shape index (κ3) is 4.76. The molecule has 0 amide bonds. The van der Waals surface area contributed by atoms with Crippen LogP contribution < -0.4 is 0 Å². The van der Waals surface area contributed by atoms with Gasteiger partial charge in [-0.2, -0.15) is 0 Å². The fraction of sp³-hybridized carbons (Fsp3) is 0.400. The fourth-order valence-corrected chi connectivity index (χ4v) is 1.61. The van der Waals surface area contributed by atoms with Crippen molar-refractivity contribution in [2.24, 2.45) is 0 Å². The van der Waals surface area contributed by atoms with E-state index in [-0.39, 0.29) is 24.5 Å². The average Bonchev–Trinajstić information content (AvgIpc) is 2.76. The zero-order chi connectivity index (χ0) is 16.7. The van der Waals surface area contributed by atoms with Crippen molar-refractivity contribution in [1.29, 1.82) is 0 Å². The van der Waals surface area contributed by atoms with E-state index in [2.05, 4.69) is 0 Å². The zero-order valence-corrected chi connectivity index (χ0v) is 13.0. The predicted octanol–water partition coefficient (Wildman–Crippen LogP) is 0.925. The molecule has 0 bridgehead atoms. The lowest BCUT2D eigenvalue weighted by atomic mass is 10.2. The molecule has 0 atom stereocenters. The van der Waals surface area contributed by atoms with Gasteiger partial charge in [-0.15, -0.1) is 0 Å². The van der Waals surface area contributed by atoms with E-state index in [0.717, 1.165) is 6.08 Å². The normalized spacial score (nSPS) is 15.0. The molecule has 120 valence electrons. The summed E-state index contributed by atoms with van der Waals surface area (Å²) >= 11 is 0. The van der Waals surface area contributed by atoms with Crippen molar-refractivity contribution < 1.29 is 28.6 Å². The number of hydrogen-bond acceptors (Lipinski definition) is 7. The number of ether oxygens (including phenoxy) is 3. The summed E-state index contributed by atoms with van der Waals surface area (Å²) in [6.07, 6.45) is 4.14. The second-order valence-corrected chi connectivity index (χ2v) is 4.48. The molecule has 7 nitrogen and oxygen atoms in total. The molecular formula is C15H19NO6. The summed E-state index contributed by atoms with van der Waals surface area (Å²) in [4.78, 5) is 37.0. The van der Waals surface area contributed by atoms with E-state index in [1.807, 2.05) is 0 Å². The second kappa shape index (κ2) is 8.02. The zero-order valence-electron chi connectivity index (χ0n) is 13.0. The standard InChI is InChI=1S/C15H19NO6/c1-5-20-14(18)12(15(19)21-6-2)8-11-7-10(9-16(3)4)13(17)22-11/h7-9H,5-6H2,1-4H3/b10-9-. The molecule has 7 heteroatoms. The van der Waals surface area contributed by atoms with Crippen LogP contribution in [-0.2, 0) is 28.6 Å². The molecule has 0 radical (unpaired) electrons. The van der Waals surface area contributed by atoms with E-state index >= 15 is 0 Å². The van der Waals surface area contributed by atoms with Crippen LogP contribution in [-0.4, -0.2) is 50.1 Å². The van der Waals surface area contributed by atoms with Crippen molar-refractivity contribution >= 4 is 17.9 Å². The van der Waals surface area contributed by atoms with Gasteiger partial charge in [-0.05, 0) is 19.9 Å². The van der Waals surface area contributed by atoms with Crippen molar-refractivity contribution in [2.75, 3.05) is 27.3 Å². The SMILES string of the molecule is CCOC(=O)C(=CC1=C/C(=C/N(C)C)C(=O)O1)C(=O)OCC. The van der Waals surface area contributed by atoms with E-state index in [4.69, 9.17) is 14.2 Å². The topological polar surface area (TPSA) is 82.1 Å². The smallest absolute Gasteiger partial charge is 0.345 e. The molecule has 1 heterocycles. The molecule has 1 aliphatic heterocycles. The highest BCUT2D eigenvalue weighted by Gasteiger charge is 2.25. The van der Waals surface area contributed by atoms with Gasteiger partial charge in [0, 0.05) is 26.4 Å². The van der Waals surface area contributed by atoms with Gasteiger partial charge in [0.2, 0.25) is 0 Å². The number of carbonyl (C=O) groups is 3. The van der Waals surface area contributed by atoms with Crippen LogP contribution in [0.25, 0.3) is 0 Å². The largest absolute Gasteiger partial charge is 0.462 e. The van der Waals surface area contributed by atoms with E-state index < -0.39 is 17.9 Å². The number of cyclic esters (lactones) is 1. The van der Waals surface area contributed by atoms with Crippen molar-refractivity contribution in [3.05, 3.63) is 35.3 Å². The van der Waals surface area contributed by atoms with Crippen LogP contribution in [0.3, 0.4) is 0 Å². The summed E-state index contributed by atoms with van der Waals surface area (Å²) in [5, 5.41) is 0. The molecule has 0 unspecified atom stereocenters. The molecule has 0 spiro atoms. The second-order valence-electron chi connectivity index (χ2n) is 4.48. The summed E-state index contributed by atoms with van der Waals surface area (Å²) in [6.45, 7) is 3.46. The van der Waals surface area contributed by atoms with Gasteiger partial charge in [0.15, 0.2) is 0 Å². The Kier molecular flexibility index (Phi) is 6.37. The molecule has 0 aliphatic carbocycles. The Bertz CT molecular complexity index is 536. The Morgan fingerprint density at radius 1 is 1.18 bits per heavy atom. The average molecular weight is 309 g/mol. The van der Waals surface area contributed by atoms with E-state index in [1.165, 1.54) is 6.08 Å². The Balaban J connectivity index is 3.09. The maximum Gasteiger partial charge on any atom is 0.345 e. The lowest BCUT2D eigenvalue weighted by Crippen LogP contribution is -2.18. The minimum atomic E-state index is -0.831. The van der Waals surface area contributed by atoms with Crippen LogP contribution in [0.4, 0.5) is 0 Å². The minimum absolute atomic E-state index is 0.0780. The number of hydrogen-bond donors (Lipinski definition) is 0. The third-order valence-electron chi connectivity index (χ3n) is 2.42. The lowest BCUT2D eigenvalue weighted by Gasteiger charge is -2.06. The van der Waals surface area contributed by atoms with Gasteiger partial charge in [0.25, 0.3) is 0 Å². The Morgan fingerprint density at radius 3 is 2.18 bits per heavy atom. The fourth-order valence-electron chi connectivity index (χ4n) is 1.61. The first-order valence-corrected chi connectivity index (χ1v) is 6.77. The summed E-state index contributed by atoms with van der Waals surface area (Å²) in [5.41, 5.74) is -0.0165. The Morgan fingerprint density at radius 2 is 1.73 bits per heavy atom. The molecule has 22 heavy (non-hydrogen) atoms. The van der Waals surface area contributed by atoms with Crippen molar-refractivity contribution in [1.82, 2.24) is 4.90 Å². The van der Waals surface area contributed by atoms with Gasteiger partial charge in [0.1, 0.15) is 11.3 Å². The van der Waals surface area contributed by atoms with Gasteiger partial charge < -0.3 is 19.1 Å². The molecule has 1 rings (SSSR count). The number of rotatable bonds is 6. The maximum atomic E-state index is 11.8. The minimum Gasteiger partial charge on any atom is -0.462 e. The molecule has 0 fully saturated rings. The quantitative estimate of drug-likeness (QED) is 0.237. The van der Waals surface area contributed by atoms with Gasteiger partial charge >= 0.3 is 17.9 Å². The van der Waals surface area contributed by atoms with Gasteiger partial charge in [-0.3, -0.25) is 0 Å². The first kappa shape index (κ1) is 17.5. The van der Waals surface area contributed by atoms with Crippen LogP contribution in [0.2, 0.25) is 0 Å².